The molecule has 0 saturated carbocycles. The number of benzene rings is 3. The summed E-state index contributed by atoms with van der Waals surface area (Å²) in [6.07, 6.45) is 0. The van der Waals surface area contributed by atoms with E-state index in [1.165, 1.54) is 38.5 Å². The molecule has 0 bridgehead atoms. The third-order valence-corrected chi connectivity index (χ3v) is 6.87. The van der Waals surface area contributed by atoms with E-state index in [0.717, 1.165) is 4.31 Å². The van der Waals surface area contributed by atoms with Crippen molar-refractivity contribution in [1.29, 1.82) is 0 Å². The molecule has 0 aliphatic carbocycles. The molecule has 0 radical (unpaired) electrons. The normalized spacial score (nSPS) is 10.9. The number of amides is 1. The zero-order chi connectivity index (χ0) is 24.7. The van der Waals surface area contributed by atoms with Crippen molar-refractivity contribution >= 4 is 38.9 Å². The first-order chi connectivity index (χ1) is 16.3. The largest absolute Gasteiger partial charge is 0.495 e. The van der Waals surface area contributed by atoms with Crippen LogP contribution in [0.2, 0.25) is 5.02 Å². The predicted molar refractivity (Wildman–Crippen MR) is 132 cm³/mol. The molecule has 34 heavy (non-hydrogen) atoms. The molecular weight excluding hydrogens is 480 g/mol. The first kappa shape index (κ1) is 25.2. The van der Waals surface area contributed by atoms with Crippen molar-refractivity contribution in [3.63, 3.8) is 0 Å². The van der Waals surface area contributed by atoms with Gasteiger partial charge in [0.25, 0.3) is 10.0 Å². The van der Waals surface area contributed by atoms with Gasteiger partial charge in [-0.25, -0.2) is 8.42 Å². The smallest absolute Gasteiger partial charge is 0.264 e. The number of carbonyl (C=O) groups excluding carboxylic acids is 1. The molecule has 0 spiro atoms. The number of halogens is 1. The van der Waals surface area contributed by atoms with Crippen LogP contribution < -0.4 is 23.8 Å². The quantitative estimate of drug-likeness (QED) is 0.434. The Hall–Kier alpha value is -3.43. The van der Waals surface area contributed by atoms with E-state index in [1.54, 1.807) is 49.4 Å². The number of ether oxygens (including phenoxy) is 3. The predicted octanol–water partition coefficient (Wildman–Crippen LogP) is 4.59. The van der Waals surface area contributed by atoms with Gasteiger partial charge in [-0.1, -0.05) is 41.9 Å². The van der Waals surface area contributed by atoms with Gasteiger partial charge in [-0.2, -0.15) is 0 Å². The van der Waals surface area contributed by atoms with Gasteiger partial charge in [-0.3, -0.25) is 9.10 Å². The third kappa shape index (κ3) is 5.55. The number of carbonyl (C=O) groups is 1. The van der Waals surface area contributed by atoms with Crippen molar-refractivity contribution in [2.75, 3.05) is 37.0 Å². The summed E-state index contributed by atoms with van der Waals surface area (Å²) in [7, 11) is -1.23. The van der Waals surface area contributed by atoms with Gasteiger partial charge < -0.3 is 19.5 Å². The Morgan fingerprint density at radius 1 is 0.941 bits per heavy atom. The Morgan fingerprint density at radius 2 is 1.59 bits per heavy atom. The number of para-hydroxylation sites is 2. The first-order valence-electron chi connectivity index (χ1n) is 10.3. The fourth-order valence-corrected chi connectivity index (χ4v) is 4.92. The lowest BCUT2D eigenvalue weighted by Crippen LogP contribution is -2.38. The molecule has 0 heterocycles. The molecule has 1 N–H and O–H groups in total. The highest BCUT2D eigenvalue weighted by molar-refractivity contribution is 7.92. The van der Waals surface area contributed by atoms with Crippen molar-refractivity contribution in [2.24, 2.45) is 0 Å². The van der Waals surface area contributed by atoms with Crippen LogP contribution in [0, 0.1) is 0 Å². The van der Waals surface area contributed by atoms with Crippen molar-refractivity contribution in [3.05, 3.63) is 71.8 Å². The van der Waals surface area contributed by atoms with Crippen LogP contribution in [0.15, 0.2) is 71.6 Å². The summed E-state index contributed by atoms with van der Waals surface area (Å²) in [5, 5.41) is 2.99. The zero-order valence-corrected chi connectivity index (χ0v) is 20.5. The van der Waals surface area contributed by atoms with E-state index >= 15 is 0 Å². The Morgan fingerprint density at radius 3 is 2.24 bits per heavy atom. The number of nitrogens with zero attached hydrogens (tertiary/aromatic N) is 1. The van der Waals surface area contributed by atoms with Gasteiger partial charge >= 0.3 is 0 Å². The molecule has 0 aliphatic rings. The van der Waals surface area contributed by atoms with E-state index in [-0.39, 0.29) is 16.3 Å². The number of rotatable bonds is 10. The molecule has 8 nitrogen and oxygen atoms in total. The van der Waals surface area contributed by atoms with Crippen LogP contribution >= 0.6 is 11.6 Å². The van der Waals surface area contributed by atoms with E-state index in [0.29, 0.717) is 28.9 Å². The Bertz CT molecular complexity index is 1250. The molecule has 0 fully saturated rings. The van der Waals surface area contributed by atoms with E-state index < -0.39 is 22.5 Å². The monoisotopic (exact) mass is 504 g/mol. The Kier molecular flexibility index (Phi) is 8.25. The summed E-state index contributed by atoms with van der Waals surface area (Å²) in [6.45, 7) is 1.60. The second kappa shape index (κ2) is 11.1. The molecule has 10 heteroatoms. The van der Waals surface area contributed by atoms with Crippen LogP contribution in [0.5, 0.6) is 17.2 Å². The standard InChI is InChI=1S/C24H25ClN2O6S/c1-4-33-21-13-9-8-12-20(21)27(34(29,30)17-10-6-5-7-11-17)16-24(28)26-19-15-22(31-2)18(25)14-23(19)32-3/h5-15H,4,16H2,1-3H3,(H,26,28). The molecular formula is C24H25ClN2O6S. The van der Waals surface area contributed by atoms with Crippen molar-refractivity contribution < 1.29 is 27.4 Å². The molecule has 0 saturated heterocycles. The van der Waals surface area contributed by atoms with E-state index in [1.807, 2.05) is 0 Å². The van der Waals surface area contributed by atoms with Gasteiger partial charge in [-0.15, -0.1) is 0 Å². The van der Waals surface area contributed by atoms with Crippen molar-refractivity contribution in [1.82, 2.24) is 0 Å². The maximum Gasteiger partial charge on any atom is 0.264 e. The summed E-state index contributed by atoms with van der Waals surface area (Å²) in [5.74, 6) is 0.357. The van der Waals surface area contributed by atoms with Crippen LogP contribution in [0.4, 0.5) is 11.4 Å². The maximum absolute atomic E-state index is 13.6. The highest BCUT2D eigenvalue weighted by atomic mass is 35.5. The van der Waals surface area contributed by atoms with Crippen LogP contribution in [-0.4, -0.2) is 41.7 Å². The molecule has 1 amide bonds. The molecule has 0 aromatic heterocycles. The fourth-order valence-electron chi connectivity index (χ4n) is 3.24. The van der Waals surface area contributed by atoms with Gasteiger partial charge in [0, 0.05) is 12.1 Å². The lowest BCUT2D eigenvalue weighted by atomic mass is 10.2. The fraction of sp³-hybridized carbons (Fsp3) is 0.208. The summed E-state index contributed by atoms with van der Waals surface area (Å²) >= 11 is 6.14. The SMILES string of the molecule is CCOc1ccccc1N(CC(=O)Nc1cc(OC)c(Cl)cc1OC)S(=O)(=O)c1ccccc1. The highest BCUT2D eigenvalue weighted by Gasteiger charge is 2.29. The lowest BCUT2D eigenvalue weighted by molar-refractivity contribution is -0.114. The van der Waals surface area contributed by atoms with Gasteiger partial charge in [0.15, 0.2) is 0 Å². The third-order valence-electron chi connectivity index (χ3n) is 4.80. The lowest BCUT2D eigenvalue weighted by Gasteiger charge is -2.26. The second-order valence-corrected chi connectivity index (χ2v) is 9.23. The van der Waals surface area contributed by atoms with Crippen LogP contribution in [0.1, 0.15) is 6.92 Å². The van der Waals surface area contributed by atoms with E-state index in [2.05, 4.69) is 5.32 Å². The first-order valence-corrected chi connectivity index (χ1v) is 12.1. The van der Waals surface area contributed by atoms with Crippen LogP contribution in [0.3, 0.4) is 0 Å². The molecule has 0 unspecified atom stereocenters. The summed E-state index contributed by atoms with van der Waals surface area (Å²) < 4.78 is 44.3. The highest BCUT2D eigenvalue weighted by Crippen LogP contribution is 2.36. The topological polar surface area (TPSA) is 94.2 Å². The molecule has 3 aromatic rings. The number of methoxy groups -OCH3 is 2. The van der Waals surface area contributed by atoms with Crippen LogP contribution in [0.25, 0.3) is 0 Å². The van der Waals surface area contributed by atoms with E-state index in [9.17, 15) is 13.2 Å². The Labute approximate surface area is 204 Å². The van der Waals surface area contributed by atoms with Crippen molar-refractivity contribution in [3.8, 4) is 17.2 Å². The van der Waals surface area contributed by atoms with Gasteiger partial charge in [0.1, 0.15) is 23.8 Å². The van der Waals surface area contributed by atoms with Gasteiger partial charge in [0.05, 0.1) is 42.1 Å². The number of hydrogen-bond acceptors (Lipinski definition) is 6. The molecule has 0 atom stereocenters. The molecule has 0 aliphatic heterocycles. The average molecular weight is 505 g/mol. The number of hydrogen-bond donors (Lipinski definition) is 1. The molecule has 180 valence electrons. The zero-order valence-electron chi connectivity index (χ0n) is 18.9. The minimum Gasteiger partial charge on any atom is -0.495 e. The molecule has 3 rings (SSSR count). The minimum absolute atomic E-state index is 0.0415. The molecule has 3 aromatic carbocycles. The minimum atomic E-state index is -4.10. The Balaban J connectivity index is 2.01. The number of nitrogens with one attached hydrogen (secondary N) is 1. The number of sulfonamides is 1. The average Bonchev–Trinajstić information content (AvgIpc) is 2.84. The van der Waals surface area contributed by atoms with Crippen LogP contribution in [-0.2, 0) is 14.8 Å². The summed E-state index contributed by atoms with van der Waals surface area (Å²) in [6, 6.07) is 17.5. The van der Waals surface area contributed by atoms with E-state index in [4.69, 9.17) is 25.8 Å². The number of anilines is 2. The maximum atomic E-state index is 13.6. The van der Waals surface area contributed by atoms with Gasteiger partial charge in [0.2, 0.25) is 5.91 Å². The van der Waals surface area contributed by atoms with Gasteiger partial charge in [-0.05, 0) is 31.2 Å². The second-order valence-electron chi connectivity index (χ2n) is 6.96. The van der Waals surface area contributed by atoms with Crippen molar-refractivity contribution in [2.45, 2.75) is 11.8 Å². The summed E-state index contributed by atoms with van der Waals surface area (Å²) in [4.78, 5) is 13.2. The summed E-state index contributed by atoms with van der Waals surface area (Å²) in [5.41, 5.74) is 0.521.